The second-order valence-corrected chi connectivity index (χ2v) is 9.18. The number of hydrogen-bond donors (Lipinski definition) is 2. The average molecular weight is 441 g/mol. The SMILES string of the molecule is NC(N)=NCCc1ccccc1C(=O)c1cccc2c1ncn2S(=O)(=O)N1CCCC1. The van der Waals surface area contributed by atoms with Crippen LogP contribution >= 0.6 is 0 Å². The number of carbonyl (C=O) groups is 1. The molecule has 0 saturated carbocycles. The lowest BCUT2D eigenvalue weighted by Crippen LogP contribution is -2.32. The van der Waals surface area contributed by atoms with E-state index in [0.29, 0.717) is 48.2 Å². The Morgan fingerprint density at radius 1 is 1.03 bits per heavy atom. The molecule has 0 bridgehead atoms. The van der Waals surface area contributed by atoms with E-state index in [1.807, 2.05) is 12.1 Å². The van der Waals surface area contributed by atoms with Crippen molar-refractivity contribution in [2.45, 2.75) is 19.3 Å². The molecular formula is C21H24N6O3S. The van der Waals surface area contributed by atoms with E-state index in [1.54, 1.807) is 30.3 Å². The molecule has 1 aromatic heterocycles. The molecule has 31 heavy (non-hydrogen) atoms. The van der Waals surface area contributed by atoms with E-state index in [0.717, 1.165) is 22.4 Å². The van der Waals surface area contributed by atoms with Gasteiger partial charge in [0.05, 0.1) is 11.1 Å². The Bertz CT molecular complexity index is 1260. The van der Waals surface area contributed by atoms with Gasteiger partial charge in [0.25, 0.3) is 0 Å². The minimum absolute atomic E-state index is 0.00155. The lowest BCUT2D eigenvalue weighted by Gasteiger charge is -2.16. The summed E-state index contributed by atoms with van der Waals surface area (Å²) in [5.41, 5.74) is 13.2. The number of ketones is 1. The van der Waals surface area contributed by atoms with Crippen LogP contribution in [-0.2, 0) is 16.6 Å². The third-order valence-electron chi connectivity index (χ3n) is 5.37. The summed E-state index contributed by atoms with van der Waals surface area (Å²) in [6, 6.07) is 12.2. The summed E-state index contributed by atoms with van der Waals surface area (Å²) in [7, 11) is -3.72. The molecular weight excluding hydrogens is 416 g/mol. The van der Waals surface area contributed by atoms with Crippen molar-refractivity contribution in [1.29, 1.82) is 0 Å². The fraction of sp³-hybridized carbons (Fsp3) is 0.286. The highest BCUT2D eigenvalue weighted by Gasteiger charge is 2.29. The van der Waals surface area contributed by atoms with Gasteiger partial charge in [-0.25, -0.2) is 8.96 Å². The maximum atomic E-state index is 13.4. The number of aliphatic imine (C=N–C) groups is 1. The summed E-state index contributed by atoms with van der Waals surface area (Å²) < 4.78 is 28.6. The van der Waals surface area contributed by atoms with E-state index >= 15 is 0 Å². The van der Waals surface area contributed by atoms with Gasteiger partial charge in [-0.05, 0) is 37.0 Å². The van der Waals surface area contributed by atoms with Gasteiger partial charge in [-0.3, -0.25) is 9.79 Å². The minimum atomic E-state index is -3.72. The van der Waals surface area contributed by atoms with Gasteiger partial charge in [-0.2, -0.15) is 12.7 Å². The Balaban J connectivity index is 1.73. The predicted molar refractivity (Wildman–Crippen MR) is 119 cm³/mol. The Hall–Kier alpha value is -3.24. The molecule has 0 unspecified atom stereocenters. The van der Waals surface area contributed by atoms with Crippen molar-refractivity contribution in [3.05, 3.63) is 65.5 Å². The van der Waals surface area contributed by atoms with E-state index < -0.39 is 10.2 Å². The standard InChI is InChI=1S/C21H24N6O3S/c22-21(23)24-11-10-15-6-1-2-7-16(15)20(28)17-8-5-9-18-19(17)25-14-27(18)31(29,30)26-12-3-4-13-26/h1-2,5-9,14H,3-4,10-13H2,(H4,22,23,24). The Morgan fingerprint density at radius 2 is 1.74 bits per heavy atom. The third kappa shape index (κ3) is 4.04. The molecule has 1 fully saturated rings. The molecule has 0 radical (unpaired) electrons. The molecule has 9 nitrogen and oxygen atoms in total. The lowest BCUT2D eigenvalue weighted by atomic mass is 9.96. The first-order chi connectivity index (χ1) is 14.9. The van der Waals surface area contributed by atoms with E-state index in [2.05, 4.69) is 9.98 Å². The van der Waals surface area contributed by atoms with Gasteiger partial charge in [0, 0.05) is 25.2 Å². The third-order valence-corrected chi connectivity index (χ3v) is 7.17. The fourth-order valence-electron chi connectivity index (χ4n) is 3.84. The highest BCUT2D eigenvalue weighted by Crippen LogP contribution is 2.25. The normalized spacial score (nSPS) is 14.7. The number of carbonyl (C=O) groups excluding carboxylic acids is 1. The number of fused-ring (bicyclic) bond motifs is 1. The van der Waals surface area contributed by atoms with Crippen LogP contribution in [0.3, 0.4) is 0 Å². The second-order valence-electron chi connectivity index (χ2n) is 7.37. The van der Waals surface area contributed by atoms with Crippen molar-refractivity contribution < 1.29 is 13.2 Å². The monoisotopic (exact) mass is 440 g/mol. The van der Waals surface area contributed by atoms with Crippen molar-refractivity contribution in [3.8, 4) is 0 Å². The Labute approximate surface area is 180 Å². The van der Waals surface area contributed by atoms with Gasteiger partial charge in [0.2, 0.25) is 0 Å². The van der Waals surface area contributed by atoms with Gasteiger partial charge in [0.15, 0.2) is 11.7 Å². The quantitative estimate of drug-likeness (QED) is 0.322. The first-order valence-corrected chi connectivity index (χ1v) is 11.4. The number of aromatic nitrogens is 2. The molecule has 1 saturated heterocycles. The van der Waals surface area contributed by atoms with Gasteiger partial charge in [-0.1, -0.05) is 30.3 Å². The summed E-state index contributed by atoms with van der Waals surface area (Å²) in [6.07, 6.45) is 3.45. The molecule has 0 atom stereocenters. The van der Waals surface area contributed by atoms with Crippen LogP contribution in [0.15, 0.2) is 53.8 Å². The van der Waals surface area contributed by atoms with Gasteiger partial charge in [-0.15, -0.1) is 0 Å². The Morgan fingerprint density at radius 3 is 2.48 bits per heavy atom. The molecule has 0 amide bonds. The largest absolute Gasteiger partial charge is 0.370 e. The van der Waals surface area contributed by atoms with Crippen molar-refractivity contribution in [1.82, 2.24) is 13.3 Å². The molecule has 0 aliphatic carbocycles. The van der Waals surface area contributed by atoms with Crippen LogP contribution in [-0.4, -0.2) is 53.1 Å². The molecule has 2 aromatic carbocycles. The van der Waals surface area contributed by atoms with Crippen LogP contribution in [0, 0.1) is 0 Å². The molecule has 4 N–H and O–H groups in total. The van der Waals surface area contributed by atoms with E-state index in [-0.39, 0.29) is 11.7 Å². The van der Waals surface area contributed by atoms with E-state index in [9.17, 15) is 13.2 Å². The number of hydrogen-bond acceptors (Lipinski definition) is 5. The van der Waals surface area contributed by atoms with Crippen LogP contribution in [0.4, 0.5) is 0 Å². The zero-order valence-electron chi connectivity index (χ0n) is 16.9. The van der Waals surface area contributed by atoms with Gasteiger partial charge in [0.1, 0.15) is 11.8 Å². The van der Waals surface area contributed by atoms with Crippen molar-refractivity contribution in [2.75, 3.05) is 19.6 Å². The maximum absolute atomic E-state index is 13.4. The molecule has 0 spiro atoms. The summed E-state index contributed by atoms with van der Waals surface area (Å²) in [4.78, 5) is 21.7. The summed E-state index contributed by atoms with van der Waals surface area (Å²) in [5, 5.41) is 0. The van der Waals surface area contributed by atoms with Crippen molar-refractivity contribution >= 4 is 33.0 Å². The van der Waals surface area contributed by atoms with Crippen LogP contribution in [0.2, 0.25) is 0 Å². The highest BCUT2D eigenvalue weighted by molar-refractivity contribution is 7.87. The van der Waals surface area contributed by atoms with E-state index in [1.165, 1.54) is 10.6 Å². The van der Waals surface area contributed by atoms with Crippen LogP contribution in [0.1, 0.15) is 34.3 Å². The number of guanidine groups is 1. The number of para-hydroxylation sites is 1. The molecule has 1 aliphatic heterocycles. The smallest absolute Gasteiger partial charge is 0.309 e. The van der Waals surface area contributed by atoms with Crippen LogP contribution in [0.25, 0.3) is 11.0 Å². The zero-order valence-corrected chi connectivity index (χ0v) is 17.8. The minimum Gasteiger partial charge on any atom is -0.370 e. The zero-order chi connectivity index (χ0) is 22.0. The van der Waals surface area contributed by atoms with Gasteiger partial charge >= 0.3 is 10.2 Å². The predicted octanol–water partition coefficient (Wildman–Crippen LogP) is 1.27. The average Bonchev–Trinajstić information content (AvgIpc) is 3.44. The number of nitrogens with two attached hydrogens (primary N) is 2. The Kier molecular flexibility index (Phi) is 5.75. The highest BCUT2D eigenvalue weighted by atomic mass is 32.2. The summed E-state index contributed by atoms with van der Waals surface area (Å²) >= 11 is 0. The lowest BCUT2D eigenvalue weighted by molar-refractivity contribution is 0.103. The summed E-state index contributed by atoms with van der Waals surface area (Å²) in [5.74, 6) is -0.229. The van der Waals surface area contributed by atoms with Gasteiger partial charge < -0.3 is 11.5 Å². The topological polar surface area (TPSA) is 137 Å². The fourth-order valence-corrected chi connectivity index (χ4v) is 5.37. The molecule has 1 aliphatic rings. The number of nitrogens with zero attached hydrogens (tertiary/aromatic N) is 4. The maximum Gasteiger partial charge on any atom is 0.309 e. The number of benzene rings is 2. The molecule has 2 heterocycles. The summed E-state index contributed by atoms with van der Waals surface area (Å²) in [6.45, 7) is 1.34. The molecule has 3 aromatic rings. The molecule has 10 heteroatoms. The van der Waals surface area contributed by atoms with E-state index in [4.69, 9.17) is 11.5 Å². The molecule has 162 valence electrons. The number of imidazole rings is 1. The first kappa shape index (κ1) is 21.0. The van der Waals surface area contributed by atoms with Crippen molar-refractivity contribution in [3.63, 3.8) is 0 Å². The molecule has 4 rings (SSSR count). The van der Waals surface area contributed by atoms with Crippen LogP contribution < -0.4 is 11.5 Å². The second kappa shape index (κ2) is 8.48. The van der Waals surface area contributed by atoms with Crippen LogP contribution in [0.5, 0.6) is 0 Å². The first-order valence-electron chi connectivity index (χ1n) is 10.0. The van der Waals surface area contributed by atoms with Crippen molar-refractivity contribution in [2.24, 2.45) is 16.5 Å². The number of rotatable bonds is 7.